The van der Waals surface area contributed by atoms with Gasteiger partial charge in [0, 0.05) is 5.56 Å². The number of piperidine rings is 1. The van der Waals surface area contributed by atoms with E-state index in [1.165, 1.54) is 12.8 Å². The Morgan fingerprint density at radius 3 is 2.75 bits per heavy atom. The van der Waals surface area contributed by atoms with E-state index in [0.29, 0.717) is 5.92 Å². The summed E-state index contributed by atoms with van der Waals surface area (Å²) in [5, 5.41) is 12.5. The summed E-state index contributed by atoms with van der Waals surface area (Å²) in [6, 6.07) is 7.68. The summed E-state index contributed by atoms with van der Waals surface area (Å²) in [6.45, 7) is 2.99. The van der Waals surface area contributed by atoms with Crippen LogP contribution in [0.5, 0.6) is 5.75 Å². The Kier molecular flexibility index (Phi) is 4.19. The van der Waals surface area contributed by atoms with E-state index in [4.69, 9.17) is 9.84 Å². The molecule has 3 nitrogen and oxygen atoms in total. The van der Waals surface area contributed by atoms with Gasteiger partial charge in [-0.1, -0.05) is 18.2 Å². The standard InChI is InChI=1S/C13H19NO2/c15-9-12-3-1-2-4-13(12)16-10-11-5-7-14-8-6-11/h1-4,11,14-15H,5-10H2. The Morgan fingerprint density at radius 1 is 1.25 bits per heavy atom. The molecule has 0 amide bonds. The monoisotopic (exact) mass is 221 g/mol. The first kappa shape index (κ1) is 11.4. The Labute approximate surface area is 96.4 Å². The largest absolute Gasteiger partial charge is 0.493 e. The number of aliphatic hydroxyl groups excluding tert-OH is 1. The van der Waals surface area contributed by atoms with Crippen molar-refractivity contribution in [3.05, 3.63) is 29.8 Å². The van der Waals surface area contributed by atoms with Crippen LogP contribution in [0.1, 0.15) is 18.4 Å². The first-order valence-corrected chi connectivity index (χ1v) is 5.92. The highest BCUT2D eigenvalue weighted by Crippen LogP contribution is 2.20. The Bertz CT molecular complexity index is 321. The SMILES string of the molecule is OCc1ccccc1OCC1CCNCC1. The van der Waals surface area contributed by atoms with Gasteiger partial charge >= 0.3 is 0 Å². The molecule has 0 aromatic heterocycles. The van der Waals surface area contributed by atoms with Gasteiger partial charge < -0.3 is 15.2 Å². The average molecular weight is 221 g/mol. The molecule has 0 spiro atoms. The van der Waals surface area contributed by atoms with Gasteiger partial charge in [-0.3, -0.25) is 0 Å². The minimum atomic E-state index is 0.0440. The lowest BCUT2D eigenvalue weighted by Gasteiger charge is -2.23. The third-order valence-corrected chi connectivity index (χ3v) is 3.08. The summed E-state index contributed by atoms with van der Waals surface area (Å²) in [5.74, 6) is 1.47. The van der Waals surface area contributed by atoms with Crippen molar-refractivity contribution in [2.24, 2.45) is 5.92 Å². The normalized spacial score (nSPS) is 17.3. The first-order chi connectivity index (χ1) is 7.90. The highest BCUT2D eigenvalue weighted by molar-refractivity contribution is 5.32. The summed E-state index contributed by atoms with van der Waals surface area (Å²) in [5.41, 5.74) is 0.872. The van der Waals surface area contributed by atoms with Crippen LogP contribution in [0.15, 0.2) is 24.3 Å². The molecular formula is C13H19NO2. The zero-order valence-corrected chi connectivity index (χ0v) is 9.48. The van der Waals surface area contributed by atoms with Gasteiger partial charge in [0.05, 0.1) is 13.2 Å². The van der Waals surface area contributed by atoms with Crippen LogP contribution in [-0.4, -0.2) is 24.8 Å². The molecule has 1 aliphatic heterocycles. The molecule has 1 fully saturated rings. The fraction of sp³-hybridized carbons (Fsp3) is 0.538. The van der Waals surface area contributed by atoms with Gasteiger partial charge in [0.25, 0.3) is 0 Å². The van der Waals surface area contributed by atoms with Gasteiger partial charge in [0.2, 0.25) is 0 Å². The second-order valence-electron chi connectivity index (χ2n) is 4.27. The van der Waals surface area contributed by atoms with Crippen LogP contribution in [-0.2, 0) is 6.61 Å². The number of rotatable bonds is 4. The number of ether oxygens (including phenoxy) is 1. The summed E-state index contributed by atoms with van der Waals surface area (Å²) >= 11 is 0. The maximum Gasteiger partial charge on any atom is 0.124 e. The van der Waals surface area contributed by atoms with Crippen LogP contribution in [0.25, 0.3) is 0 Å². The number of para-hydroxylation sites is 1. The number of benzene rings is 1. The zero-order valence-electron chi connectivity index (χ0n) is 9.48. The van der Waals surface area contributed by atoms with Gasteiger partial charge in [-0.2, -0.15) is 0 Å². The van der Waals surface area contributed by atoms with Crippen molar-refractivity contribution < 1.29 is 9.84 Å². The molecule has 1 heterocycles. The Hall–Kier alpha value is -1.06. The summed E-state index contributed by atoms with van der Waals surface area (Å²) in [6.07, 6.45) is 2.36. The Morgan fingerprint density at radius 2 is 2.00 bits per heavy atom. The summed E-state index contributed by atoms with van der Waals surface area (Å²) in [7, 11) is 0. The molecule has 2 N–H and O–H groups in total. The molecule has 0 unspecified atom stereocenters. The number of hydrogen-bond acceptors (Lipinski definition) is 3. The van der Waals surface area contributed by atoms with Crippen LogP contribution in [0.4, 0.5) is 0 Å². The van der Waals surface area contributed by atoms with E-state index >= 15 is 0 Å². The highest BCUT2D eigenvalue weighted by Gasteiger charge is 2.14. The smallest absolute Gasteiger partial charge is 0.124 e. The van der Waals surface area contributed by atoms with Crippen LogP contribution >= 0.6 is 0 Å². The summed E-state index contributed by atoms with van der Waals surface area (Å²) in [4.78, 5) is 0. The van der Waals surface area contributed by atoms with E-state index in [-0.39, 0.29) is 6.61 Å². The van der Waals surface area contributed by atoms with Crippen molar-refractivity contribution in [3.8, 4) is 5.75 Å². The molecule has 2 rings (SSSR count). The quantitative estimate of drug-likeness (QED) is 0.810. The van der Waals surface area contributed by atoms with Gasteiger partial charge in [-0.15, -0.1) is 0 Å². The summed E-state index contributed by atoms with van der Waals surface area (Å²) < 4.78 is 5.78. The van der Waals surface area contributed by atoms with E-state index in [1.54, 1.807) is 0 Å². The predicted molar refractivity (Wildman–Crippen MR) is 63.5 cm³/mol. The van der Waals surface area contributed by atoms with E-state index in [9.17, 15) is 0 Å². The molecule has 3 heteroatoms. The molecule has 0 bridgehead atoms. The third kappa shape index (κ3) is 2.97. The molecule has 0 radical (unpaired) electrons. The Balaban J connectivity index is 1.88. The molecule has 88 valence electrons. The number of hydrogen-bond donors (Lipinski definition) is 2. The average Bonchev–Trinajstić information content (AvgIpc) is 2.38. The van der Waals surface area contributed by atoms with Crippen molar-refractivity contribution in [1.82, 2.24) is 5.32 Å². The minimum Gasteiger partial charge on any atom is -0.493 e. The first-order valence-electron chi connectivity index (χ1n) is 5.92. The fourth-order valence-corrected chi connectivity index (χ4v) is 2.03. The van der Waals surface area contributed by atoms with Crippen LogP contribution in [0.3, 0.4) is 0 Å². The minimum absolute atomic E-state index is 0.0440. The maximum absolute atomic E-state index is 9.17. The molecule has 1 aliphatic rings. The van der Waals surface area contributed by atoms with Crippen molar-refractivity contribution in [3.63, 3.8) is 0 Å². The molecule has 16 heavy (non-hydrogen) atoms. The molecule has 0 saturated carbocycles. The third-order valence-electron chi connectivity index (χ3n) is 3.08. The highest BCUT2D eigenvalue weighted by atomic mass is 16.5. The van der Waals surface area contributed by atoms with Crippen molar-refractivity contribution in [1.29, 1.82) is 0 Å². The molecular weight excluding hydrogens is 202 g/mol. The topological polar surface area (TPSA) is 41.5 Å². The van der Waals surface area contributed by atoms with Gasteiger partial charge in [0.15, 0.2) is 0 Å². The molecule has 0 aliphatic carbocycles. The van der Waals surface area contributed by atoms with E-state index in [1.807, 2.05) is 24.3 Å². The molecule has 1 aromatic rings. The van der Waals surface area contributed by atoms with E-state index < -0.39 is 0 Å². The van der Waals surface area contributed by atoms with Crippen molar-refractivity contribution in [2.45, 2.75) is 19.4 Å². The van der Waals surface area contributed by atoms with Gasteiger partial charge in [-0.25, -0.2) is 0 Å². The van der Waals surface area contributed by atoms with Crippen LogP contribution in [0.2, 0.25) is 0 Å². The van der Waals surface area contributed by atoms with Crippen molar-refractivity contribution >= 4 is 0 Å². The predicted octanol–water partition coefficient (Wildman–Crippen LogP) is 1.56. The zero-order chi connectivity index (χ0) is 11.2. The number of nitrogens with one attached hydrogen (secondary N) is 1. The lowest BCUT2D eigenvalue weighted by Crippen LogP contribution is -2.30. The lowest BCUT2D eigenvalue weighted by molar-refractivity contribution is 0.207. The lowest BCUT2D eigenvalue weighted by atomic mass is 9.99. The second-order valence-corrected chi connectivity index (χ2v) is 4.27. The molecule has 1 aromatic carbocycles. The van der Waals surface area contributed by atoms with E-state index in [2.05, 4.69) is 5.32 Å². The number of aliphatic hydroxyl groups is 1. The molecule has 1 saturated heterocycles. The maximum atomic E-state index is 9.17. The fourth-order valence-electron chi connectivity index (χ4n) is 2.03. The van der Waals surface area contributed by atoms with Gasteiger partial charge in [0.1, 0.15) is 5.75 Å². The second kappa shape index (κ2) is 5.87. The van der Waals surface area contributed by atoms with Crippen LogP contribution in [0, 0.1) is 5.92 Å². The van der Waals surface area contributed by atoms with Crippen LogP contribution < -0.4 is 10.1 Å². The van der Waals surface area contributed by atoms with Crippen molar-refractivity contribution in [2.75, 3.05) is 19.7 Å². The van der Waals surface area contributed by atoms with Gasteiger partial charge in [-0.05, 0) is 37.9 Å². The van der Waals surface area contributed by atoms with E-state index in [0.717, 1.165) is 31.0 Å². The molecule has 0 atom stereocenters.